The predicted molar refractivity (Wildman–Crippen MR) is 97.3 cm³/mol. The van der Waals surface area contributed by atoms with Crippen LogP contribution >= 0.6 is 0 Å². The number of pyridine rings is 1. The summed E-state index contributed by atoms with van der Waals surface area (Å²) in [5.41, 5.74) is 2.85. The Balaban J connectivity index is 1.33. The summed E-state index contributed by atoms with van der Waals surface area (Å²) in [7, 11) is 0. The van der Waals surface area contributed by atoms with E-state index in [1.807, 2.05) is 25.1 Å². The molecule has 1 atom stereocenters. The van der Waals surface area contributed by atoms with E-state index in [2.05, 4.69) is 10.1 Å². The van der Waals surface area contributed by atoms with Gasteiger partial charge in [-0.25, -0.2) is 0 Å². The first-order valence-electron chi connectivity index (χ1n) is 9.36. The van der Waals surface area contributed by atoms with Crippen molar-refractivity contribution in [2.45, 2.75) is 51.9 Å². The van der Waals surface area contributed by atoms with Crippen LogP contribution in [0.4, 0.5) is 0 Å². The molecule has 144 valence electrons. The third kappa shape index (κ3) is 3.61. The highest BCUT2D eigenvalue weighted by Gasteiger charge is 2.50. The molecule has 0 aliphatic carbocycles. The van der Waals surface area contributed by atoms with Crippen molar-refractivity contribution < 1.29 is 18.8 Å². The summed E-state index contributed by atoms with van der Waals surface area (Å²) in [5, 5.41) is 3.87. The average molecular weight is 371 g/mol. The number of aryl methyl sites for hydroxylation is 3. The van der Waals surface area contributed by atoms with E-state index in [9.17, 15) is 4.79 Å². The third-order valence-corrected chi connectivity index (χ3v) is 5.35. The van der Waals surface area contributed by atoms with Gasteiger partial charge in [0.25, 0.3) is 5.91 Å². The largest absolute Gasteiger partial charge is 0.372 e. The lowest BCUT2D eigenvalue weighted by molar-refractivity contribution is -0.188. The number of amides is 1. The lowest BCUT2D eigenvalue weighted by atomic mass is 9.84. The quantitative estimate of drug-likeness (QED) is 0.822. The second-order valence-electron chi connectivity index (χ2n) is 7.59. The molecule has 2 aromatic rings. The van der Waals surface area contributed by atoms with Crippen LogP contribution in [0.5, 0.6) is 0 Å². The molecule has 0 N–H and O–H groups in total. The summed E-state index contributed by atoms with van der Waals surface area (Å²) in [6.07, 6.45) is 1.78. The van der Waals surface area contributed by atoms with Gasteiger partial charge in [0.15, 0.2) is 0 Å². The Morgan fingerprint density at radius 1 is 1.33 bits per heavy atom. The van der Waals surface area contributed by atoms with E-state index >= 15 is 0 Å². The number of hydrogen-bond donors (Lipinski definition) is 0. The molecule has 0 saturated carbocycles. The van der Waals surface area contributed by atoms with Gasteiger partial charge < -0.3 is 18.9 Å². The van der Waals surface area contributed by atoms with Crippen molar-refractivity contribution in [3.8, 4) is 0 Å². The van der Waals surface area contributed by atoms with Crippen LogP contribution < -0.4 is 0 Å². The first-order valence-corrected chi connectivity index (χ1v) is 9.36. The van der Waals surface area contributed by atoms with Gasteiger partial charge in [-0.05, 0) is 39.3 Å². The molecule has 2 aliphatic heterocycles. The lowest BCUT2D eigenvalue weighted by Gasteiger charge is -2.52. The number of likely N-dealkylation sites (tertiary alicyclic amines) is 1. The summed E-state index contributed by atoms with van der Waals surface area (Å²) in [6, 6.07) is 5.96. The van der Waals surface area contributed by atoms with Crippen molar-refractivity contribution in [1.29, 1.82) is 0 Å². The van der Waals surface area contributed by atoms with Crippen molar-refractivity contribution in [2.75, 3.05) is 19.7 Å². The second-order valence-corrected chi connectivity index (χ2v) is 7.59. The standard InChI is InChI=1S/C20H25N3O4/c1-13-5-4-6-16(21-13)10-25-17-7-8-26-20(9-17)11-23(12-20)19(24)18-14(2)22-27-15(18)3/h4-6,17H,7-12H2,1-3H3/t17-/m1/s1. The molecule has 0 aromatic carbocycles. The fraction of sp³-hybridized carbons (Fsp3) is 0.550. The first kappa shape index (κ1) is 18.1. The SMILES string of the molecule is Cc1cccc(CO[C@@H]2CCOC3(C2)CN(C(=O)c2c(C)noc2C)C3)n1. The maximum absolute atomic E-state index is 12.7. The molecule has 1 spiro atoms. The van der Waals surface area contributed by atoms with Crippen molar-refractivity contribution >= 4 is 5.91 Å². The first-order chi connectivity index (χ1) is 13.0. The van der Waals surface area contributed by atoms with Crippen LogP contribution in [0.3, 0.4) is 0 Å². The number of carbonyl (C=O) groups is 1. The molecule has 2 aliphatic rings. The van der Waals surface area contributed by atoms with Crippen LogP contribution in [0.25, 0.3) is 0 Å². The molecule has 7 heteroatoms. The minimum Gasteiger partial charge on any atom is -0.372 e. The molecular formula is C20H25N3O4. The summed E-state index contributed by atoms with van der Waals surface area (Å²) < 4.78 is 17.2. The maximum Gasteiger partial charge on any atom is 0.259 e. The molecule has 0 radical (unpaired) electrons. The molecule has 0 bridgehead atoms. The van der Waals surface area contributed by atoms with Crippen molar-refractivity contribution in [1.82, 2.24) is 15.0 Å². The van der Waals surface area contributed by atoms with Gasteiger partial charge in [0, 0.05) is 18.7 Å². The molecule has 2 fully saturated rings. The molecular weight excluding hydrogens is 346 g/mol. The zero-order valence-electron chi connectivity index (χ0n) is 16.0. The summed E-state index contributed by atoms with van der Waals surface area (Å²) in [5.74, 6) is 0.530. The Morgan fingerprint density at radius 2 is 2.15 bits per heavy atom. The average Bonchev–Trinajstić information content (AvgIpc) is 2.96. The molecule has 2 saturated heterocycles. The summed E-state index contributed by atoms with van der Waals surface area (Å²) >= 11 is 0. The number of rotatable bonds is 4. The van der Waals surface area contributed by atoms with E-state index < -0.39 is 0 Å². The number of ether oxygens (including phenoxy) is 2. The van der Waals surface area contributed by atoms with Crippen LogP contribution in [-0.2, 0) is 16.1 Å². The highest BCUT2D eigenvalue weighted by molar-refractivity contribution is 5.96. The van der Waals surface area contributed by atoms with Crippen LogP contribution in [0.2, 0.25) is 0 Å². The molecule has 0 unspecified atom stereocenters. The molecule has 7 nitrogen and oxygen atoms in total. The van der Waals surface area contributed by atoms with E-state index in [-0.39, 0.29) is 17.6 Å². The van der Waals surface area contributed by atoms with E-state index in [1.165, 1.54) is 0 Å². The molecule has 4 rings (SSSR count). The van der Waals surface area contributed by atoms with E-state index in [0.29, 0.717) is 43.3 Å². The molecule has 27 heavy (non-hydrogen) atoms. The van der Waals surface area contributed by atoms with Gasteiger partial charge in [-0.2, -0.15) is 0 Å². The molecule has 1 amide bonds. The Bertz CT molecular complexity index is 822. The van der Waals surface area contributed by atoms with Gasteiger partial charge in [-0.1, -0.05) is 11.2 Å². The highest BCUT2D eigenvalue weighted by atomic mass is 16.5. The minimum absolute atomic E-state index is 0.0347. The number of nitrogens with zero attached hydrogens (tertiary/aromatic N) is 3. The molecule has 2 aromatic heterocycles. The zero-order chi connectivity index (χ0) is 19.0. The van der Waals surface area contributed by atoms with Crippen LogP contribution in [0.1, 0.15) is 46.0 Å². The van der Waals surface area contributed by atoms with Crippen LogP contribution in [0, 0.1) is 20.8 Å². The summed E-state index contributed by atoms with van der Waals surface area (Å²) in [6.45, 7) is 7.86. The number of aromatic nitrogens is 2. The van der Waals surface area contributed by atoms with Crippen molar-refractivity contribution in [3.05, 3.63) is 46.6 Å². The number of hydrogen-bond acceptors (Lipinski definition) is 6. The highest BCUT2D eigenvalue weighted by Crippen LogP contribution is 2.36. The Morgan fingerprint density at radius 3 is 2.85 bits per heavy atom. The van der Waals surface area contributed by atoms with Gasteiger partial charge in [0.1, 0.15) is 16.9 Å². The Labute approximate surface area is 158 Å². The molecule has 4 heterocycles. The van der Waals surface area contributed by atoms with E-state index in [1.54, 1.807) is 18.7 Å². The van der Waals surface area contributed by atoms with Gasteiger partial charge in [0.2, 0.25) is 0 Å². The Kier molecular flexibility index (Phi) is 4.74. The van der Waals surface area contributed by atoms with Crippen molar-refractivity contribution in [3.63, 3.8) is 0 Å². The van der Waals surface area contributed by atoms with E-state index in [4.69, 9.17) is 14.0 Å². The summed E-state index contributed by atoms with van der Waals surface area (Å²) in [4.78, 5) is 19.0. The third-order valence-electron chi connectivity index (χ3n) is 5.35. The van der Waals surface area contributed by atoms with Gasteiger partial charge in [0.05, 0.1) is 37.2 Å². The van der Waals surface area contributed by atoms with Gasteiger partial charge >= 0.3 is 0 Å². The maximum atomic E-state index is 12.7. The topological polar surface area (TPSA) is 77.7 Å². The monoisotopic (exact) mass is 371 g/mol. The van der Waals surface area contributed by atoms with Gasteiger partial charge in [-0.15, -0.1) is 0 Å². The second kappa shape index (κ2) is 7.05. The minimum atomic E-state index is -0.294. The van der Waals surface area contributed by atoms with Gasteiger partial charge in [-0.3, -0.25) is 9.78 Å². The van der Waals surface area contributed by atoms with Crippen LogP contribution in [-0.4, -0.2) is 52.3 Å². The fourth-order valence-electron chi connectivity index (χ4n) is 3.97. The lowest BCUT2D eigenvalue weighted by Crippen LogP contribution is -2.67. The predicted octanol–water partition coefficient (Wildman–Crippen LogP) is 2.59. The zero-order valence-corrected chi connectivity index (χ0v) is 16.0. The normalized spacial score (nSPS) is 21.3. The van der Waals surface area contributed by atoms with E-state index in [0.717, 1.165) is 24.2 Å². The van der Waals surface area contributed by atoms with Crippen molar-refractivity contribution in [2.24, 2.45) is 0 Å². The Hall–Kier alpha value is -2.25. The smallest absolute Gasteiger partial charge is 0.259 e. The fourth-order valence-corrected chi connectivity index (χ4v) is 3.97. The number of carbonyl (C=O) groups excluding carboxylic acids is 1. The van der Waals surface area contributed by atoms with Crippen LogP contribution in [0.15, 0.2) is 22.7 Å².